The van der Waals surface area contributed by atoms with E-state index in [0.717, 1.165) is 34.0 Å². The first-order valence-corrected chi connectivity index (χ1v) is 13.5. The van der Waals surface area contributed by atoms with Gasteiger partial charge in [-0.3, -0.25) is 9.78 Å². The molecule has 2 N–H and O–H groups in total. The number of ether oxygens (including phenoxy) is 1. The molecule has 2 aromatic carbocycles. The zero-order valence-electron chi connectivity index (χ0n) is 21.6. The molecule has 3 heterocycles. The number of benzene rings is 2. The summed E-state index contributed by atoms with van der Waals surface area (Å²) in [4.78, 5) is 18.8. The Morgan fingerprint density at radius 3 is 2.54 bits per heavy atom. The average molecular weight is 581 g/mol. The molecule has 2 atom stereocenters. The molecule has 4 aromatic rings. The highest BCUT2D eigenvalue weighted by Crippen LogP contribution is 2.45. The van der Waals surface area contributed by atoms with Crippen LogP contribution in [0.25, 0.3) is 5.69 Å². The Balaban J connectivity index is 1.62. The predicted molar refractivity (Wildman–Crippen MR) is 160 cm³/mol. The number of nitrogens with zero attached hydrogens (tertiary/aromatic N) is 3. The third-order valence-electron chi connectivity index (χ3n) is 6.76. The number of aryl methyl sites for hydroxylation is 1. The fourth-order valence-electron chi connectivity index (χ4n) is 5.11. The van der Waals surface area contributed by atoms with Crippen molar-refractivity contribution >= 4 is 57.8 Å². The number of aromatic nitrogens is 2. The van der Waals surface area contributed by atoms with Gasteiger partial charge in [-0.2, -0.15) is 0 Å². The maximum atomic E-state index is 12.1. The zero-order valence-corrected chi connectivity index (χ0v) is 23.9. The Morgan fingerprint density at radius 1 is 1.08 bits per heavy atom. The Labute approximate surface area is 242 Å². The van der Waals surface area contributed by atoms with Gasteiger partial charge in [-0.25, -0.2) is 0 Å². The van der Waals surface area contributed by atoms with Crippen molar-refractivity contribution in [3.8, 4) is 5.69 Å². The van der Waals surface area contributed by atoms with E-state index in [0.29, 0.717) is 20.8 Å². The maximum Gasteiger partial charge on any atom is 0.250 e. The lowest BCUT2D eigenvalue weighted by molar-refractivity contribution is -0.119. The SMILES string of the molecule is COCC(=O)Nc1ccc(N2C(=S)N[C@H](c3ccccn3)[C@H]2c2cc(C)n(-c3ccccc3Cl)c2C)cc1Cl. The summed E-state index contributed by atoms with van der Waals surface area (Å²) in [6, 6.07) is 20.8. The smallest absolute Gasteiger partial charge is 0.250 e. The molecule has 1 aliphatic heterocycles. The Kier molecular flexibility index (Phi) is 7.91. The molecule has 5 rings (SSSR count). The fourth-order valence-corrected chi connectivity index (χ4v) is 5.90. The van der Waals surface area contributed by atoms with Gasteiger partial charge in [0.15, 0.2) is 5.11 Å². The predicted octanol–water partition coefficient (Wildman–Crippen LogP) is 6.56. The van der Waals surface area contributed by atoms with Crippen LogP contribution in [0.4, 0.5) is 11.4 Å². The number of hydrogen-bond donors (Lipinski definition) is 2. The van der Waals surface area contributed by atoms with Gasteiger partial charge in [-0.15, -0.1) is 0 Å². The number of para-hydroxylation sites is 1. The molecular weight excluding hydrogens is 553 g/mol. The van der Waals surface area contributed by atoms with Crippen molar-refractivity contribution in [2.75, 3.05) is 23.9 Å². The molecule has 1 fully saturated rings. The minimum absolute atomic E-state index is 0.0624. The van der Waals surface area contributed by atoms with Crippen LogP contribution in [0.2, 0.25) is 10.0 Å². The van der Waals surface area contributed by atoms with Gasteiger partial charge in [-0.1, -0.05) is 41.4 Å². The first-order valence-electron chi connectivity index (χ1n) is 12.3. The molecule has 1 aliphatic rings. The molecule has 1 amide bonds. The highest BCUT2D eigenvalue weighted by atomic mass is 35.5. The summed E-state index contributed by atoms with van der Waals surface area (Å²) >= 11 is 19.1. The van der Waals surface area contributed by atoms with Crippen molar-refractivity contribution in [2.24, 2.45) is 0 Å². The van der Waals surface area contributed by atoms with Gasteiger partial charge < -0.3 is 24.8 Å². The van der Waals surface area contributed by atoms with Crippen LogP contribution in [0.3, 0.4) is 0 Å². The summed E-state index contributed by atoms with van der Waals surface area (Å²) < 4.78 is 7.07. The molecule has 39 heavy (non-hydrogen) atoms. The van der Waals surface area contributed by atoms with Crippen molar-refractivity contribution in [3.63, 3.8) is 0 Å². The highest BCUT2D eigenvalue weighted by molar-refractivity contribution is 7.80. The van der Waals surface area contributed by atoms with Gasteiger partial charge in [0, 0.05) is 30.4 Å². The van der Waals surface area contributed by atoms with E-state index in [1.807, 2.05) is 48.5 Å². The zero-order chi connectivity index (χ0) is 27.7. The number of methoxy groups -OCH3 is 1. The number of amides is 1. The van der Waals surface area contributed by atoms with E-state index in [-0.39, 0.29) is 24.6 Å². The average Bonchev–Trinajstić information content (AvgIpc) is 3.41. The second-order valence-electron chi connectivity index (χ2n) is 9.26. The number of carbonyl (C=O) groups is 1. The minimum atomic E-state index is -0.286. The monoisotopic (exact) mass is 579 g/mol. The molecule has 10 heteroatoms. The summed E-state index contributed by atoms with van der Waals surface area (Å²) in [6.07, 6.45) is 1.78. The third kappa shape index (κ3) is 5.25. The molecule has 200 valence electrons. The van der Waals surface area contributed by atoms with Crippen LogP contribution in [0.5, 0.6) is 0 Å². The summed E-state index contributed by atoms with van der Waals surface area (Å²) in [6.45, 7) is 4.09. The van der Waals surface area contributed by atoms with Crippen LogP contribution in [0.1, 0.15) is 34.7 Å². The number of rotatable bonds is 7. The van der Waals surface area contributed by atoms with E-state index in [4.69, 9.17) is 40.2 Å². The molecule has 0 saturated carbocycles. The number of hydrogen-bond acceptors (Lipinski definition) is 4. The van der Waals surface area contributed by atoms with Gasteiger partial charge in [0.2, 0.25) is 5.91 Å². The van der Waals surface area contributed by atoms with E-state index in [2.05, 4.69) is 45.0 Å². The lowest BCUT2D eigenvalue weighted by Crippen LogP contribution is -2.29. The van der Waals surface area contributed by atoms with Gasteiger partial charge >= 0.3 is 0 Å². The van der Waals surface area contributed by atoms with Crippen molar-refractivity contribution in [1.82, 2.24) is 14.9 Å². The second kappa shape index (κ2) is 11.4. The fraction of sp³-hybridized carbons (Fsp3) is 0.207. The Morgan fingerprint density at radius 2 is 1.85 bits per heavy atom. The highest BCUT2D eigenvalue weighted by Gasteiger charge is 2.42. The first kappa shape index (κ1) is 27.1. The van der Waals surface area contributed by atoms with Crippen LogP contribution in [-0.4, -0.2) is 34.3 Å². The molecule has 7 nitrogen and oxygen atoms in total. The number of pyridine rings is 1. The number of halogens is 2. The summed E-state index contributed by atoms with van der Waals surface area (Å²) in [5, 5.41) is 7.87. The van der Waals surface area contributed by atoms with Crippen molar-refractivity contribution in [1.29, 1.82) is 0 Å². The van der Waals surface area contributed by atoms with E-state index >= 15 is 0 Å². The lowest BCUT2D eigenvalue weighted by Gasteiger charge is -2.28. The molecule has 1 saturated heterocycles. The largest absolute Gasteiger partial charge is 0.375 e. The summed E-state index contributed by atoms with van der Waals surface area (Å²) in [5.41, 5.74) is 6.21. The van der Waals surface area contributed by atoms with Crippen LogP contribution in [-0.2, 0) is 9.53 Å². The first-order chi connectivity index (χ1) is 18.8. The van der Waals surface area contributed by atoms with Crippen LogP contribution >= 0.6 is 35.4 Å². The molecule has 0 radical (unpaired) electrons. The summed E-state index contributed by atoms with van der Waals surface area (Å²) in [7, 11) is 1.46. The normalized spacial score (nSPS) is 16.8. The number of nitrogens with one attached hydrogen (secondary N) is 2. The molecule has 0 bridgehead atoms. The molecule has 0 aliphatic carbocycles. The van der Waals surface area contributed by atoms with Crippen molar-refractivity contribution < 1.29 is 9.53 Å². The quantitative estimate of drug-likeness (QED) is 0.242. The Bertz CT molecular complexity index is 1540. The van der Waals surface area contributed by atoms with Gasteiger partial charge in [-0.05, 0) is 80.2 Å². The van der Waals surface area contributed by atoms with E-state index in [9.17, 15) is 4.79 Å². The Hall–Kier alpha value is -3.43. The van der Waals surface area contributed by atoms with E-state index in [1.54, 1.807) is 18.3 Å². The van der Waals surface area contributed by atoms with Crippen molar-refractivity contribution in [2.45, 2.75) is 25.9 Å². The molecular formula is C29H27Cl2N5O2S. The van der Waals surface area contributed by atoms with Gasteiger partial charge in [0.1, 0.15) is 6.61 Å². The third-order valence-corrected chi connectivity index (χ3v) is 7.71. The molecule has 2 aromatic heterocycles. The van der Waals surface area contributed by atoms with Crippen LogP contribution in [0, 0.1) is 13.8 Å². The topological polar surface area (TPSA) is 71.4 Å². The second-order valence-corrected chi connectivity index (χ2v) is 10.5. The molecule has 0 spiro atoms. The minimum Gasteiger partial charge on any atom is -0.375 e. The summed E-state index contributed by atoms with van der Waals surface area (Å²) in [5.74, 6) is -0.286. The van der Waals surface area contributed by atoms with Crippen molar-refractivity contribution in [3.05, 3.63) is 106 Å². The standard InChI is InChI=1S/C29H27Cl2N5O2S/c1-17-14-20(18(2)35(17)25-10-5-4-8-21(25)30)28-27(24-9-6-7-13-32-24)34-29(39)36(28)19-11-12-23(22(31)15-19)33-26(37)16-38-3/h4-15,27-28H,16H2,1-3H3,(H,33,37)(H,34,39)/t27-,28-/m1/s1. The van der Waals surface area contributed by atoms with Gasteiger partial charge in [0.25, 0.3) is 0 Å². The van der Waals surface area contributed by atoms with E-state index in [1.165, 1.54) is 7.11 Å². The lowest BCUT2D eigenvalue weighted by atomic mass is 9.96. The number of anilines is 2. The number of thiocarbonyl (C=S) groups is 1. The molecule has 0 unspecified atom stereocenters. The van der Waals surface area contributed by atoms with E-state index < -0.39 is 0 Å². The number of carbonyl (C=O) groups excluding carboxylic acids is 1. The maximum absolute atomic E-state index is 12.1. The van der Waals surface area contributed by atoms with Crippen LogP contribution < -0.4 is 15.5 Å². The van der Waals surface area contributed by atoms with Gasteiger partial charge in [0.05, 0.1) is 39.2 Å². The van der Waals surface area contributed by atoms with Crippen LogP contribution in [0.15, 0.2) is 72.9 Å².